The van der Waals surface area contributed by atoms with Crippen LogP contribution >= 0.6 is 0 Å². The van der Waals surface area contributed by atoms with Gasteiger partial charge in [-0.2, -0.15) is 0 Å². The fraction of sp³-hybridized carbons (Fsp3) is 1.00. The second kappa shape index (κ2) is 6.66. The van der Waals surface area contributed by atoms with E-state index in [9.17, 15) is 15.3 Å². The lowest BCUT2D eigenvalue weighted by Gasteiger charge is -2.69. The standard InChI is InChI=1S/C24H39NO7/c1-6-25-11-21(26)8-7-15(30-3)23-13-9-12-14(29-2)10-22(27,16(13)17(12)31-4)24(28,20(23)25)19(32-5)18(21)23/h12-20,26-28H,6-11H2,1-5H3/t12-,13-,14+,15+,16-,17+,18-,19+,20+,21-,22-,23+,24+/m1/s1. The van der Waals surface area contributed by atoms with Crippen LogP contribution < -0.4 is 0 Å². The molecule has 0 aromatic carbocycles. The summed E-state index contributed by atoms with van der Waals surface area (Å²) in [5.74, 6) is -0.399. The van der Waals surface area contributed by atoms with Crippen molar-refractivity contribution >= 4 is 0 Å². The quantitative estimate of drug-likeness (QED) is 0.536. The van der Waals surface area contributed by atoms with Crippen LogP contribution in [0.5, 0.6) is 0 Å². The highest BCUT2D eigenvalue weighted by atomic mass is 16.5. The summed E-state index contributed by atoms with van der Waals surface area (Å²) < 4.78 is 24.3. The lowest BCUT2D eigenvalue weighted by Crippen LogP contribution is -2.82. The summed E-state index contributed by atoms with van der Waals surface area (Å²) in [5, 5.41) is 37.6. The predicted octanol–water partition coefficient (Wildman–Crippen LogP) is 0.0234. The number of piperidine rings is 1. The number of rotatable bonds is 5. The van der Waals surface area contributed by atoms with E-state index >= 15 is 0 Å². The fourth-order valence-corrected chi connectivity index (χ4v) is 10.6. The maximum absolute atomic E-state index is 12.8. The Morgan fingerprint density at radius 2 is 1.75 bits per heavy atom. The van der Waals surface area contributed by atoms with Gasteiger partial charge in [0.1, 0.15) is 11.2 Å². The molecule has 8 nitrogen and oxygen atoms in total. The summed E-state index contributed by atoms with van der Waals surface area (Å²) in [6.45, 7) is 3.23. The predicted molar refractivity (Wildman–Crippen MR) is 114 cm³/mol. The number of aliphatic hydroxyl groups is 3. The van der Waals surface area contributed by atoms with Crippen LogP contribution in [-0.4, -0.2) is 109 Å². The summed E-state index contributed by atoms with van der Waals surface area (Å²) in [4.78, 5) is 2.21. The molecule has 5 aliphatic carbocycles. The normalized spacial score (nSPS) is 62.4. The van der Waals surface area contributed by atoms with Gasteiger partial charge in [0.2, 0.25) is 0 Å². The van der Waals surface area contributed by atoms with E-state index in [1.54, 1.807) is 28.4 Å². The molecule has 0 unspecified atom stereocenters. The summed E-state index contributed by atoms with van der Waals surface area (Å²) in [6.07, 6.45) is 1.26. The second-order valence-corrected chi connectivity index (χ2v) is 11.4. The van der Waals surface area contributed by atoms with Crippen molar-refractivity contribution in [1.82, 2.24) is 4.90 Å². The van der Waals surface area contributed by atoms with E-state index in [0.29, 0.717) is 25.9 Å². The first-order valence-electron chi connectivity index (χ1n) is 12.3. The van der Waals surface area contributed by atoms with Gasteiger partial charge in [0.25, 0.3) is 0 Å². The van der Waals surface area contributed by atoms with Crippen LogP contribution in [0.1, 0.15) is 32.6 Å². The Balaban J connectivity index is 1.68. The van der Waals surface area contributed by atoms with Crippen LogP contribution in [0.3, 0.4) is 0 Å². The topological polar surface area (TPSA) is 101 Å². The van der Waals surface area contributed by atoms with Gasteiger partial charge in [-0.1, -0.05) is 6.92 Å². The van der Waals surface area contributed by atoms with Gasteiger partial charge in [-0.25, -0.2) is 0 Å². The van der Waals surface area contributed by atoms with Crippen molar-refractivity contribution in [3.05, 3.63) is 0 Å². The molecule has 13 atom stereocenters. The minimum Gasteiger partial charge on any atom is -0.388 e. The molecule has 3 N–H and O–H groups in total. The minimum absolute atomic E-state index is 0.0316. The van der Waals surface area contributed by atoms with Crippen molar-refractivity contribution in [2.24, 2.45) is 29.1 Å². The number of hydrogen-bond acceptors (Lipinski definition) is 8. The van der Waals surface area contributed by atoms with Crippen molar-refractivity contribution in [3.63, 3.8) is 0 Å². The number of likely N-dealkylation sites (N-methyl/N-ethyl adjacent to an activating group) is 1. The molecule has 1 heterocycles. The molecule has 5 saturated carbocycles. The maximum Gasteiger partial charge on any atom is 0.136 e. The number of ether oxygens (including phenoxy) is 4. The highest BCUT2D eigenvalue weighted by Gasteiger charge is 2.91. The van der Waals surface area contributed by atoms with Gasteiger partial charge in [0.05, 0.1) is 36.1 Å². The van der Waals surface area contributed by atoms with Gasteiger partial charge < -0.3 is 34.3 Å². The Morgan fingerprint density at radius 3 is 2.34 bits per heavy atom. The Morgan fingerprint density at radius 1 is 1.00 bits per heavy atom. The molecule has 0 amide bonds. The largest absolute Gasteiger partial charge is 0.388 e. The smallest absolute Gasteiger partial charge is 0.136 e. The lowest BCUT2D eigenvalue weighted by atomic mass is 9.44. The number of likely N-dealkylation sites (tertiary alicyclic amines) is 1. The summed E-state index contributed by atoms with van der Waals surface area (Å²) in [6, 6.07) is -0.362. The molecule has 8 heteroatoms. The third-order valence-corrected chi connectivity index (χ3v) is 11.1. The molecule has 182 valence electrons. The zero-order valence-electron chi connectivity index (χ0n) is 19.9. The summed E-state index contributed by atoms with van der Waals surface area (Å²) in [7, 11) is 6.75. The molecule has 1 saturated heterocycles. The van der Waals surface area contributed by atoms with Crippen LogP contribution in [0.15, 0.2) is 0 Å². The number of nitrogens with zero attached hydrogens (tertiary/aromatic N) is 1. The molecule has 1 spiro atoms. The maximum atomic E-state index is 12.8. The molecule has 0 aromatic rings. The number of methoxy groups -OCH3 is 4. The van der Waals surface area contributed by atoms with Gasteiger partial charge in [-0.05, 0) is 31.7 Å². The molecule has 6 fully saturated rings. The SMILES string of the molecule is CCN1C[C@]2(O)CC[C@H](OC)[C@@]34[C@@H]5C[C@H]6[C@H](OC)[C@@H]5[C@](O)(C[C@@H]6OC)[C@](O)([C@@H](OC)[C@H]23)[C@@H]14. The Labute approximate surface area is 190 Å². The monoisotopic (exact) mass is 453 g/mol. The van der Waals surface area contributed by atoms with Crippen LogP contribution in [0.25, 0.3) is 0 Å². The minimum atomic E-state index is -1.57. The van der Waals surface area contributed by atoms with Gasteiger partial charge in [0.15, 0.2) is 0 Å². The fourth-order valence-electron chi connectivity index (χ4n) is 10.6. The first-order chi connectivity index (χ1) is 15.2. The van der Waals surface area contributed by atoms with Gasteiger partial charge in [-0.3, -0.25) is 4.90 Å². The van der Waals surface area contributed by atoms with E-state index in [-0.39, 0.29) is 48.0 Å². The molecule has 1 aliphatic heterocycles. The molecular formula is C24H39NO7. The van der Waals surface area contributed by atoms with E-state index in [1.165, 1.54) is 0 Å². The third kappa shape index (κ3) is 1.99. The van der Waals surface area contributed by atoms with Crippen molar-refractivity contribution in [1.29, 1.82) is 0 Å². The Hall–Kier alpha value is -0.320. The Kier molecular flexibility index (Phi) is 4.62. The second-order valence-electron chi connectivity index (χ2n) is 11.4. The molecule has 32 heavy (non-hydrogen) atoms. The van der Waals surface area contributed by atoms with Crippen LogP contribution in [0.4, 0.5) is 0 Å². The van der Waals surface area contributed by atoms with Gasteiger partial charge >= 0.3 is 0 Å². The number of hydrogen-bond donors (Lipinski definition) is 3. The highest BCUT2D eigenvalue weighted by molar-refractivity contribution is 5.41. The van der Waals surface area contributed by atoms with E-state index in [0.717, 1.165) is 12.8 Å². The zero-order valence-corrected chi connectivity index (χ0v) is 19.9. The summed E-state index contributed by atoms with van der Waals surface area (Å²) >= 11 is 0. The van der Waals surface area contributed by atoms with Crippen molar-refractivity contribution in [2.75, 3.05) is 41.5 Å². The van der Waals surface area contributed by atoms with Crippen LogP contribution in [-0.2, 0) is 18.9 Å². The van der Waals surface area contributed by atoms with E-state index in [4.69, 9.17) is 18.9 Å². The van der Waals surface area contributed by atoms with Gasteiger partial charge in [0, 0.05) is 64.6 Å². The number of fused-ring (bicyclic) bond motifs is 2. The summed E-state index contributed by atoms with van der Waals surface area (Å²) in [5.41, 5.74) is -4.55. The molecule has 7 bridgehead atoms. The third-order valence-electron chi connectivity index (χ3n) is 11.1. The van der Waals surface area contributed by atoms with Crippen LogP contribution in [0.2, 0.25) is 0 Å². The molecule has 0 radical (unpaired) electrons. The van der Waals surface area contributed by atoms with E-state index < -0.39 is 28.3 Å². The molecular weight excluding hydrogens is 414 g/mol. The van der Waals surface area contributed by atoms with E-state index in [2.05, 4.69) is 11.8 Å². The average molecular weight is 454 g/mol. The van der Waals surface area contributed by atoms with Crippen molar-refractivity contribution in [3.8, 4) is 0 Å². The highest BCUT2D eigenvalue weighted by Crippen LogP contribution is 2.79. The lowest BCUT2D eigenvalue weighted by molar-refractivity contribution is -0.322. The van der Waals surface area contributed by atoms with Crippen molar-refractivity contribution in [2.45, 2.75) is 79.9 Å². The van der Waals surface area contributed by atoms with E-state index in [1.807, 2.05) is 0 Å². The average Bonchev–Trinajstić information content (AvgIpc) is 3.20. The Bertz CT molecular complexity index is 798. The molecule has 6 aliphatic rings. The first-order valence-corrected chi connectivity index (χ1v) is 12.3. The van der Waals surface area contributed by atoms with Crippen LogP contribution in [0, 0.1) is 29.1 Å². The van der Waals surface area contributed by atoms with Crippen molar-refractivity contribution < 1.29 is 34.3 Å². The molecule has 6 rings (SSSR count). The van der Waals surface area contributed by atoms with Gasteiger partial charge in [-0.15, -0.1) is 0 Å². The number of β-amino-alcohol motifs (C(OH)–C–C–N with tert-alkyl or cyclic N) is 1. The molecule has 0 aromatic heterocycles. The zero-order chi connectivity index (χ0) is 22.8. The first kappa shape index (κ1) is 22.2.